The van der Waals surface area contributed by atoms with Crippen LogP contribution in [0, 0.1) is 5.41 Å². The van der Waals surface area contributed by atoms with Gasteiger partial charge in [-0.15, -0.1) is 0 Å². The van der Waals surface area contributed by atoms with Crippen LogP contribution in [0.4, 0.5) is 33.6 Å². The van der Waals surface area contributed by atoms with Crippen LogP contribution in [0.3, 0.4) is 0 Å². The van der Waals surface area contributed by atoms with E-state index >= 15 is 0 Å². The SMILES string of the molecule is O=C1N(c2ncc(C(F)(F)F)cc2Cl)CCC12CCN(c1cnc3cnn(CC(F)F)c3n1)CC2. The maximum atomic E-state index is 13.3. The van der Waals surface area contributed by atoms with Gasteiger partial charge in [0.15, 0.2) is 11.5 Å². The molecule has 2 aliphatic heterocycles. The number of rotatable bonds is 4. The van der Waals surface area contributed by atoms with Gasteiger partial charge in [-0.25, -0.2) is 28.4 Å². The number of nitrogens with zero attached hydrogens (tertiary/aromatic N) is 7. The summed E-state index contributed by atoms with van der Waals surface area (Å²) in [5.74, 6) is 0.300. The van der Waals surface area contributed by atoms with E-state index in [1.807, 2.05) is 4.90 Å². The average Bonchev–Trinajstić information content (AvgIpc) is 3.34. The van der Waals surface area contributed by atoms with Crippen LogP contribution in [0.15, 0.2) is 24.7 Å². The number of hydrogen-bond acceptors (Lipinski definition) is 6. The molecule has 0 N–H and O–H groups in total. The van der Waals surface area contributed by atoms with Crippen molar-refractivity contribution in [3.05, 3.63) is 35.2 Å². The highest BCUT2D eigenvalue weighted by atomic mass is 35.5. The molecule has 5 rings (SSSR count). The minimum atomic E-state index is -4.58. The van der Waals surface area contributed by atoms with Crippen LogP contribution in [-0.2, 0) is 17.5 Å². The summed E-state index contributed by atoms with van der Waals surface area (Å²) in [5.41, 5.74) is -0.993. The average molecular weight is 516 g/mol. The van der Waals surface area contributed by atoms with Crippen molar-refractivity contribution in [2.45, 2.75) is 38.4 Å². The molecule has 8 nitrogen and oxygen atoms in total. The topological polar surface area (TPSA) is 80.0 Å². The third-order valence-electron chi connectivity index (χ3n) is 6.61. The maximum Gasteiger partial charge on any atom is 0.417 e. The highest BCUT2D eigenvalue weighted by Crippen LogP contribution is 2.45. The minimum absolute atomic E-state index is 0.0209. The molecule has 2 saturated heterocycles. The highest BCUT2D eigenvalue weighted by molar-refractivity contribution is 6.33. The smallest absolute Gasteiger partial charge is 0.355 e. The molecule has 1 spiro atoms. The van der Waals surface area contributed by atoms with Crippen LogP contribution in [0.25, 0.3) is 11.2 Å². The zero-order valence-electron chi connectivity index (χ0n) is 18.1. The molecule has 1 amide bonds. The first-order valence-corrected chi connectivity index (χ1v) is 11.2. The Labute approximate surface area is 200 Å². The van der Waals surface area contributed by atoms with Crippen LogP contribution in [0.5, 0.6) is 0 Å². The van der Waals surface area contributed by atoms with Crippen LogP contribution < -0.4 is 9.80 Å². The summed E-state index contributed by atoms with van der Waals surface area (Å²) in [6, 6.07) is 0.776. The van der Waals surface area contributed by atoms with Gasteiger partial charge in [-0.1, -0.05) is 11.6 Å². The zero-order chi connectivity index (χ0) is 25.0. The summed E-state index contributed by atoms with van der Waals surface area (Å²) < 4.78 is 65.5. The Bertz CT molecular complexity index is 1270. The van der Waals surface area contributed by atoms with E-state index < -0.39 is 30.1 Å². The molecule has 5 heterocycles. The molecule has 0 unspecified atom stereocenters. The van der Waals surface area contributed by atoms with Crippen molar-refractivity contribution >= 4 is 40.3 Å². The molecule has 35 heavy (non-hydrogen) atoms. The Morgan fingerprint density at radius 3 is 2.43 bits per heavy atom. The van der Waals surface area contributed by atoms with E-state index in [1.165, 1.54) is 11.1 Å². The van der Waals surface area contributed by atoms with Crippen molar-refractivity contribution in [2.24, 2.45) is 5.41 Å². The molecule has 2 fully saturated rings. The summed E-state index contributed by atoms with van der Waals surface area (Å²) >= 11 is 6.06. The Kier molecular flexibility index (Phi) is 5.77. The Balaban J connectivity index is 1.31. The highest BCUT2D eigenvalue weighted by Gasteiger charge is 2.49. The van der Waals surface area contributed by atoms with Gasteiger partial charge < -0.3 is 4.90 Å². The quantitative estimate of drug-likeness (QED) is 0.485. The summed E-state index contributed by atoms with van der Waals surface area (Å²) in [6.45, 7) is 0.652. The van der Waals surface area contributed by atoms with Gasteiger partial charge in [0.05, 0.1) is 28.4 Å². The molecule has 0 aromatic carbocycles. The van der Waals surface area contributed by atoms with Crippen molar-refractivity contribution in [3.63, 3.8) is 0 Å². The van der Waals surface area contributed by atoms with Crippen molar-refractivity contribution in [1.29, 1.82) is 0 Å². The first kappa shape index (κ1) is 23.6. The fourth-order valence-electron chi connectivity index (χ4n) is 4.69. The number of carbonyl (C=O) groups is 1. The van der Waals surface area contributed by atoms with Gasteiger partial charge in [-0.05, 0) is 25.3 Å². The molecule has 0 saturated carbocycles. The lowest BCUT2D eigenvalue weighted by Crippen LogP contribution is -2.45. The molecule has 14 heteroatoms. The van der Waals surface area contributed by atoms with Crippen molar-refractivity contribution in [2.75, 3.05) is 29.4 Å². The van der Waals surface area contributed by atoms with Gasteiger partial charge in [0, 0.05) is 25.8 Å². The van der Waals surface area contributed by atoms with Gasteiger partial charge in [-0.2, -0.15) is 18.3 Å². The molecule has 186 valence electrons. The van der Waals surface area contributed by atoms with Crippen LogP contribution in [0.1, 0.15) is 24.8 Å². The fourth-order valence-corrected chi connectivity index (χ4v) is 4.96. The lowest BCUT2D eigenvalue weighted by Gasteiger charge is -2.38. The Hall–Kier alpha value is -3.09. The molecule has 3 aromatic heterocycles. The third kappa shape index (κ3) is 4.26. The summed E-state index contributed by atoms with van der Waals surface area (Å²) in [4.78, 5) is 29.2. The van der Waals surface area contributed by atoms with E-state index in [1.54, 1.807) is 6.20 Å². The molecule has 0 bridgehead atoms. The van der Waals surface area contributed by atoms with Gasteiger partial charge in [0.25, 0.3) is 6.43 Å². The molecular weight excluding hydrogens is 497 g/mol. The van der Waals surface area contributed by atoms with E-state index in [-0.39, 0.29) is 22.4 Å². The van der Waals surface area contributed by atoms with Crippen LogP contribution >= 0.6 is 11.6 Å². The number of anilines is 2. The Morgan fingerprint density at radius 1 is 1.06 bits per heavy atom. The maximum absolute atomic E-state index is 13.3. The van der Waals surface area contributed by atoms with Crippen molar-refractivity contribution < 1.29 is 26.7 Å². The summed E-state index contributed by atoms with van der Waals surface area (Å²) in [7, 11) is 0. The number of pyridine rings is 1. The number of piperidine rings is 1. The molecule has 2 aliphatic rings. The predicted octanol–water partition coefficient (Wildman–Crippen LogP) is 4.18. The molecule has 0 atom stereocenters. The second-order valence-electron chi connectivity index (χ2n) is 8.66. The molecular formula is C21H19ClF5N7O. The summed E-state index contributed by atoms with van der Waals surface area (Å²) in [6.07, 6.45) is -2.08. The van der Waals surface area contributed by atoms with E-state index in [9.17, 15) is 26.7 Å². The van der Waals surface area contributed by atoms with Crippen molar-refractivity contribution in [1.82, 2.24) is 24.7 Å². The predicted molar refractivity (Wildman–Crippen MR) is 116 cm³/mol. The number of fused-ring (bicyclic) bond motifs is 1. The van der Waals surface area contributed by atoms with E-state index in [0.717, 1.165) is 10.7 Å². The first-order chi connectivity index (χ1) is 16.6. The largest absolute Gasteiger partial charge is 0.417 e. The van der Waals surface area contributed by atoms with Crippen LogP contribution in [-0.4, -0.2) is 56.7 Å². The van der Waals surface area contributed by atoms with Crippen LogP contribution in [0.2, 0.25) is 5.02 Å². The van der Waals surface area contributed by atoms with Gasteiger partial charge in [0.1, 0.15) is 17.9 Å². The minimum Gasteiger partial charge on any atom is -0.355 e. The van der Waals surface area contributed by atoms with E-state index in [0.29, 0.717) is 56.4 Å². The number of alkyl halides is 5. The Morgan fingerprint density at radius 2 is 1.77 bits per heavy atom. The number of aromatic nitrogens is 5. The zero-order valence-corrected chi connectivity index (χ0v) is 18.9. The monoisotopic (exact) mass is 515 g/mol. The van der Waals surface area contributed by atoms with E-state index in [4.69, 9.17) is 11.6 Å². The van der Waals surface area contributed by atoms with Gasteiger partial charge >= 0.3 is 6.18 Å². The van der Waals surface area contributed by atoms with Gasteiger partial charge in [-0.3, -0.25) is 9.69 Å². The standard InChI is InChI=1S/C21H19ClF5N7O/c22-13-7-12(21(25,26)27)8-29-17(13)33-6-3-20(19(33)35)1-4-32(5-2-20)16-10-28-14-9-30-34(11-15(23)24)18(14)31-16/h7-10,15H,1-6,11H2. The molecule has 3 aromatic rings. The second-order valence-corrected chi connectivity index (χ2v) is 9.06. The third-order valence-corrected chi connectivity index (χ3v) is 6.88. The summed E-state index contributed by atoms with van der Waals surface area (Å²) in [5, 5.41) is 3.69. The number of carbonyl (C=O) groups excluding carboxylic acids is 1. The van der Waals surface area contributed by atoms with Crippen molar-refractivity contribution in [3.8, 4) is 0 Å². The second kappa shape index (κ2) is 8.54. The van der Waals surface area contributed by atoms with Gasteiger partial charge in [0.2, 0.25) is 5.91 Å². The van der Waals surface area contributed by atoms with E-state index in [2.05, 4.69) is 20.1 Å². The molecule has 0 radical (unpaired) electrons. The first-order valence-electron chi connectivity index (χ1n) is 10.8. The number of halogens is 6. The lowest BCUT2D eigenvalue weighted by atomic mass is 9.77. The number of hydrogen-bond donors (Lipinski definition) is 0. The lowest BCUT2D eigenvalue weighted by molar-refractivity contribution is -0.137. The fraction of sp³-hybridized carbons (Fsp3) is 0.476. The normalized spacial score (nSPS) is 18.4. The molecule has 0 aliphatic carbocycles. The number of amides is 1.